The summed E-state index contributed by atoms with van der Waals surface area (Å²) >= 11 is 3.39. The van der Waals surface area contributed by atoms with Gasteiger partial charge in [-0.25, -0.2) is 0 Å². The van der Waals surface area contributed by atoms with Crippen LogP contribution in [-0.2, 0) is 4.79 Å². The molecular formula is C18H24BrN3O2. The third-order valence-electron chi connectivity index (χ3n) is 4.82. The minimum absolute atomic E-state index is 0.0736. The first kappa shape index (κ1) is 17.4. The van der Waals surface area contributed by atoms with E-state index >= 15 is 0 Å². The Hall–Kier alpha value is -1.40. The second-order valence-corrected chi connectivity index (χ2v) is 7.43. The number of piperidine rings is 1. The molecule has 2 saturated heterocycles. The lowest BCUT2D eigenvalue weighted by atomic mass is 10.1. The molecule has 0 spiro atoms. The van der Waals surface area contributed by atoms with Crippen LogP contribution in [0.4, 0.5) is 0 Å². The van der Waals surface area contributed by atoms with Crippen LogP contribution in [0.15, 0.2) is 28.7 Å². The average molecular weight is 394 g/mol. The van der Waals surface area contributed by atoms with Gasteiger partial charge >= 0.3 is 0 Å². The Morgan fingerprint density at radius 1 is 0.833 bits per heavy atom. The molecule has 0 aliphatic carbocycles. The summed E-state index contributed by atoms with van der Waals surface area (Å²) in [5.74, 6) is 0.312. The van der Waals surface area contributed by atoms with Crippen LogP contribution < -0.4 is 0 Å². The Morgan fingerprint density at radius 2 is 1.46 bits per heavy atom. The molecule has 6 heteroatoms. The highest BCUT2D eigenvalue weighted by Gasteiger charge is 2.25. The van der Waals surface area contributed by atoms with Gasteiger partial charge in [0.05, 0.1) is 6.54 Å². The number of amides is 2. The number of halogens is 1. The standard InChI is InChI=1S/C18H24BrN3O2/c19-16-6-4-15(5-7-16)18(24)22-12-10-20(11-13-22)14-17(23)21-8-2-1-3-9-21/h4-7H,1-3,8-14H2. The van der Waals surface area contributed by atoms with E-state index in [4.69, 9.17) is 0 Å². The second-order valence-electron chi connectivity index (χ2n) is 6.52. The van der Waals surface area contributed by atoms with Gasteiger partial charge < -0.3 is 9.80 Å². The van der Waals surface area contributed by atoms with Crippen molar-refractivity contribution in [1.82, 2.24) is 14.7 Å². The highest BCUT2D eigenvalue weighted by Crippen LogP contribution is 2.14. The minimum atomic E-state index is 0.0736. The number of carbonyl (C=O) groups is 2. The Kier molecular flexibility index (Phi) is 5.89. The predicted octanol–water partition coefficient (Wildman–Crippen LogP) is 2.22. The average Bonchev–Trinajstić information content (AvgIpc) is 2.63. The summed E-state index contributed by atoms with van der Waals surface area (Å²) < 4.78 is 0.972. The first-order chi connectivity index (χ1) is 11.6. The van der Waals surface area contributed by atoms with E-state index < -0.39 is 0 Å². The van der Waals surface area contributed by atoms with E-state index in [0.29, 0.717) is 19.6 Å². The van der Waals surface area contributed by atoms with Gasteiger partial charge in [0.2, 0.25) is 5.91 Å². The predicted molar refractivity (Wildman–Crippen MR) is 96.9 cm³/mol. The number of carbonyl (C=O) groups excluding carboxylic acids is 2. The van der Waals surface area contributed by atoms with Crippen LogP contribution in [0, 0.1) is 0 Å². The number of nitrogens with zero attached hydrogens (tertiary/aromatic N) is 3. The normalized spacial score (nSPS) is 19.4. The molecule has 2 aliphatic heterocycles. The van der Waals surface area contributed by atoms with Gasteiger partial charge in [-0.2, -0.15) is 0 Å². The van der Waals surface area contributed by atoms with E-state index in [1.165, 1.54) is 6.42 Å². The summed E-state index contributed by atoms with van der Waals surface area (Å²) in [6, 6.07) is 7.47. The summed E-state index contributed by atoms with van der Waals surface area (Å²) in [6.45, 7) is 5.19. The Morgan fingerprint density at radius 3 is 2.08 bits per heavy atom. The molecule has 24 heavy (non-hydrogen) atoms. The zero-order chi connectivity index (χ0) is 16.9. The van der Waals surface area contributed by atoms with Crippen molar-refractivity contribution >= 4 is 27.7 Å². The molecule has 3 rings (SSSR count). The molecule has 1 aromatic rings. The van der Waals surface area contributed by atoms with Crippen molar-refractivity contribution in [1.29, 1.82) is 0 Å². The quantitative estimate of drug-likeness (QED) is 0.790. The van der Waals surface area contributed by atoms with E-state index in [0.717, 1.165) is 49.1 Å². The van der Waals surface area contributed by atoms with Gasteiger partial charge in [-0.05, 0) is 43.5 Å². The number of hydrogen-bond acceptors (Lipinski definition) is 3. The van der Waals surface area contributed by atoms with E-state index in [2.05, 4.69) is 20.8 Å². The van der Waals surface area contributed by atoms with Gasteiger partial charge in [0, 0.05) is 49.3 Å². The van der Waals surface area contributed by atoms with E-state index in [9.17, 15) is 9.59 Å². The van der Waals surface area contributed by atoms with Crippen molar-refractivity contribution in [2.45, 2.75) is 19.3 Å². The molecule has 130 valence electrons. The molecule has 0 bridgehead atoms. The third kappa shape index (κ3) is 4.36. The monoisotopic (exact) mass is 393 g/mol. The van der Waals surface area contributed by atoms with Crippen molar-refractivity contribution in [3.05, 3.63) is 34.3 Å². The maximum absolute atomic E-state index is 12.5. The largest absolute Gasteiger partial charge is 0.342 e. The maximum atomic E-state index is 12.5. The highest BCUT2D eigenvalue weighted by molar-refractivity contribution is 9.10. The van der Waals surface area contributed by atoms with Gasteiger partial charge in [0.15, 0.2) is 0 Å². The highest BCUT2D eigenvalue weighted by atomic mass is 79.9. The lowest BCUT2D eigenvalue weighted by molar-refractivity contribution is -0.133. The molecule has 2 amide bonds. The van der Waals surface area contributed by atoms with Crippen LogP contribution >= 0.6 is 15.9 Å². The van der Waals surface area contributed by atoms with Crippen molar-refractivity contribution in [3.8, 4) is 0 Å². The SMILES string of the molecule is O=C(CN1CCN(C(=O)c2ccc(Br)cc2)CC1)N1CCCCC1. The maximum Gasteiger partial charge on any atom is 0.253 e. The van der Waals surface area contributed by atoms with Gasteiger partial charge in [0.25, 0.3) is 5.91 Å². The van der Waals surface area contributed by atoms with Crippen LogP contribution in [0.3, 0.4) is 0 Å². The molecule has 2 heterocycles. The number of benzene rings is 1. The summed E-state index contributed by atoms with van der Waals surface area (Å²) in [4.78, 5) is 30.9. The van der Waals surface area contributed by atoms with Gasteiger partial charge in [-0.3, -0.25) is 14.5 Å². The number of likely N-dealkylation sites (tertiary alicyclic amines) is 1. The molecule has 0 N–H and O–H groups in total. The molecule has 2 fully saturated rings. The third-order valence-corrected chi connectivity index (χ3v) is 5.35. The molecule has 0 unspecified atom stereocenters. The fourth-order valence-corrected chi connectivity index (χ4v) is 3.58. The van der Waals surface area contributed by atoms with Gasteiger partial charge in [-0.1, -0.05) is 15.9 Å². The molecule has 0 atom stereocenters. The van der Waals surface area contributed by atoms with Crippen LogP contribution in [0.5, 0.6) is 0 Å². The molecule has 1 aromatic carbocycles. The number of hydrogen-bond donors (Lipinski definition) is 0. The number of piperazine rings is 1. The van der Waals surface area contributed by atoms with Crippen molar-refractivity contribution < 1.29 is 9.59 Å². The van der Waals surface area contributed by atoms with Crippen LogP contribution in [0.25, 0.3) is 0 Å². The Balaban J connectivity index is 1.47. The summed E-state index contributed by atoms with van der Waals surface area (Å²) in [5, 5.41) is 0. The zero-order valence-corrected chi connectivity index (χ0v) is 15.5. The van der Waals surface area contributed by atoms with Crippen molar-refractivity contribution in [2.75, 3.05) is 45.8 Å². The molecule has 0 aromatic heterocycles. The summed E-state index contributed by atoms with van der Waals surface area (Å²) in [6.07, 6.45) is 3.49. The topological polar surface area (TPSA) is 43.9 Å². The first-order valence-electron chi connectivity index (χ1n) is 8.68. The minimum Gasteiger partial charge on any atom is -0.342 e. The van der Waals surface area contributed by atoms with Gasteiger partial charge in [0.1, 0.15) is 0 Å². The van der Waals surface area contributed by atoms with Gasteiger partial charge in [-0.15, -0.1) is 0 Å². The van der Waals surface area contributed by atoms with E-state index in [-0.39, 0.29) is 11.8 Å². The fourth-order valence-electron chi connectivity index (χ4n) is 3.32. The lowest BCUT2D eigenvalue weighted by Gasteiger charge is -2.36. The molecule has 0 radical (unpaired) electrons. The van der Waals surface area contributed by atoms with Crippen LogP contribution in [0.2, 0.25) is 0 Å². The van der Waals surface area contributed by atoms with Crippen molar-refractivity contribution in [3.63, 3.8) is 0 Å². The molecule has 5 nitrogen and oxygen atoms in total. The summed E-state index contributed by atoms with van der Waals surface area (Å²) in [7, 11) is 0. The smallest absolute Gasteiger partial charge is 0.253 e. The Bertz CT molecular complexity index is 576. The molecular weight excluding hydrogens is 370 g/mol. The molecule has 0 saturated carbocycles. The van der Waals surface area contributed by atoms with E-state index in [1.807, 2.05) is 34.1 Å². The van der Waals surface area contributed by atoms with Crippen molar-refractivity contribution in [2.24, 2.45) is 0 Å². The lowest BCUT2D eigenvalue weighted by Crippen LogP contribution is -2.52. The van der Waals surface area contributed by atoms with Crippen LogP contribution in [0.1, 0.15) is 29.6 Å². The Labute approximate surface area is 151 Å². The number of rotatable bonds is 3. The second kappa shape index (κ2) is 8.12. The zero-order valence-electron chi connectivity index (χ0n) is 13.9. The summed E-state index contributed by atoms with van der Waals surface area (Å²) in [5.41, 5.74) is 0.719. The molecule has 2 aliphatic rings. The first-order valence-corrected chi connectivity index (χ1v) is 9.48. The van der Waals surface area contributed by atoms with Crippen LogP contribution in [-0.4, -0.2) is 72.3 Å². The van der Waals surface area contributed by atoms with E-state index in [1.54, 1.807) is 0 Å². The fraction of sp³-hybridized carbons (Fsp3) is 0.556.